The van der Waals surface area contributed by atoms with Gasteiger partial charge < -0.3 is 0 Å². The van der Waals surface area contributed by atoms with Crippen LogP contribution in [0.2, 0.25) is 0 Å². The maximum atomic E-state index is 4.13. The zero-order chi connectivity index (χ0) is 19.1. The molecule has 0 heteroatoms. The second-order valence-electron chi connectivity index (χ2n) is 7.07. The summed E-state index contributed by atoms with van der Waals surface area (Å²) in [6.07, 6.45) is 3.91. The Hall–Kier alpha value is -3.64. The van der Waals surface area contributed by atoms with Crippen molar-refractivity contribution in [1.82, 2.24) is 0 Å². The first kappa shape index (κ1) is 16.5. The van der Waals surface area contributed by atoms with E-state index in [9.17, 15) is 0 Å². The lowest BCUT2D eigenvalue weighted by atomic mass is 9.87. The molecular formula is C28H20. The van der Waals surface area contributed by atoms with Crippen LogP contribution < -0.4 is 0 Å². The lowest BCUT2D eigenvalue weighted by Crippen LogP contribution is -1.92. The van der Waals surface area contributed by atoms with E-state index < -0.39 is 0 Å². The SMILES string of the molecule is C=Cc1c(-c2cc3ccccc3c3ccccc23)cc2ccccc2c1C=C. The molecule has 5 aromatic carbocycles. The number of hydrogen-bond acceptors (Lipinski definition) is 0. The van der Waals surface area contributed by atoms with Gasteiger partial charge in [-0.1, -0.05) is 98.1 Å². The van der Waals surface area contributed by atoms with Crippen molar-refractivity contribution in [2.45, 2.75) is 0 Å². The zero-order valence-corrected chi connectivity index (χ0v) is 15.7. The lowest BCUT2D eigenvalue weighted by molar-refractivity contribution is 1.64. The van der Waals surface area contributed by atoms with Crippen LogP contribution in [0.5, 0.6) is 0 Å². The number of hydrogen-bond donors (Lipinski definition) is 0. The van der Waals surface area contributed by atoms with Gasteiger partial charge in [-0.15, -0.1) is 0 Å². The third kappa shape index (κ3) is 2.39. The van der Waals surface area contributed by atoms with Crippen LogP contribution in [0.1, 0.15) is 11.1 Å². The van der Waals surface area contributed by atoms with Crippen molar-refractivity contribution in [1.29, 1.82) is 0 Å². The average Bonchev–Trinajstić information content (AvgIpc) is 2.77. The van der Waals surface area contributed by atoms with Crippen molar-refractivity contribution in [2.24, 2.45) is 0 Å². The van der Waals surface area contributed by atoms with Gasteiger partial charge in [0, 0.05) is 0 Å². The molecule has 5 rings (SSSR count). The highest BCUT2D eigenvalue weighted by Crippen LogP contribution is 2.40. The Kier molecular flexibility index (Phi) is 3.84. The quantitative estimate of drug-likeness (QED) is 0.286. The second kappa shape index (κ2) is 6.51. The van der Waals surface area contributed by atoms with E-state index in [-0.39, 0.29) is 0 Å². The first-order chi connectivity index (χ1) is 13.8. The van der Waals surface area contributed by atoms with E-state index in [0.717, 1.165) is 11.1 Å². The van der Waals surface area contributed by atoms with E-state index in [0.29, 0.717) is 0 Å². The van der Waals surface area contributed by atoms with Gasteiger partial charge in [-0.25, -0.2) is 0 Å². The molecule has 0 aliphatic carbocycles. The standard InChI is InChI=1S/C28H20/c1-3-21-22(4-2)27(17-19-11-5-7-13-23(19)21)28-18-20-12-6-8-14-24(20)25-15-9-10-16-26(25)28/h3-18H,1-2H2. The van der Waals surface area contributed by atoms with E-state index in [2.05, 4.69) is 98.1 Å². The van der Waals surface area contributed by atoms with Crippen molar-refractivity contribution in [2.75, 3.05) is 0 Å². The van der Waals surface area contributed by atoms with E-state index >= 15 is 0 Å². The summed E-state index contributed by atoms with van der Waals surface area (Å²) < 4.78 is 0. The molecule has 0 nitrogen and oxygen atoms in total. The molecule has 0 fully saturated rings. The number of rotatable bonds is 3. The molecule has 0 unspecified atom stereocenters. The Morgan fingerprint density at radius 2 is 0.964 bits per heavy atom. The van der Waals surface area contributed by atoms with Crippen LogP contribution in [0, 0.1) is 0 Å². The molecule has 0 saturated heterocycles. The van der Waals surface area contributed by atoms with Gasteiger partial charge in [0.15, 0.2) is 0 Å². The summed E-state index contributed by atoms with van der Waals surface area (Å²) in [5.41, 5.74) is 4.71. The minimum Gasteiger partial charge on any atom is -0.0984 e. The molecule has 0 radical (unpaired) electrons. The molecule has 0 aromatic heterocycles. The molecular weight excluding hydrogens is 336 g/mol. The first-order valence-corrected chi connectivity index (χ1v) is 9.53. The van der Waals surface area contributed by atoms with Crippen LogP contribution in [0.3, 0.4) is 0 Å². The van der Waals surface area contributed by atoms with Gasteiger partial charge in [0.25, 0.3) is 0 Å². The van der Waals surface area contributed by atoms with E-state index in [4.69, 9.17) is 0 Å². The average molecular weight is 356 g/mol. The van der Waals surface area contributed by atoms with Crippen LogP contribution in [0.15, 0.2) is 98.1 Å². The molecule has 5 aromatic rings. The highest BCUT2D eigenvalue weighted by Gasteiger charge is 2.14. The van der Waals surface area contributed by atoms with Crippen molar-refractivity contribution in [3.05, 3.63) is 109 Å². The third-order valence-corrected chi connectivity index (χ3v) is 5.60. The molecule has 0 amide bonds. The van der Waals surface area contributed by atoms with Gasteiger partial charge in [0.1, 0.15) is 0 Å². The van der Waals surface area contributed by atoms with E-state index in [1.807, 2.05) is 12.2 Å². The summed E-state index contributed by atoms with van der Waals surface area (Å²) in [7, 11) is 0. The molecule has 0 spiro atoms. The van der Waals surface area contributed by atoms with Crippen molar-refractivity contribution in [3.8, 4) is 11.1 Å². The molecule has 28 heavy (non-hydrogen) atoms. The molecule has 0 aliphatic heterocycles. The normalized spacial score (nSPS) is 11.1. The molecule has 0 N–H and O–H groups in total. The smallest absolute Gasteiger partial charge is 0.00926 e. The van der Waals surface area contributed by atoms with Gasteiger partial charge in [0.05, 0.1) is 0 Å². The fraction of sp³-hybridized carbons (Fsp3) is 0. The van der Waals surface area contributed by atoms with Gasteiger partial charge in [-0.3, -0.25) is 0 Å². The minimum absolute atomic E-state index is 1.13. The van der Waals surface area contributed by atoms with Gasteiger partial charge in [-0.2, -0.15) is 0 Å². The molecule has 0 bridgehead atoms. The monoisotopic (exact) mass is 356 g/mol. The maximum Gasteiger partial charge on any atom is -0.00926 e. The Labute approximate surface area is 165 Å². The fourth-order valence-electron chi connectivity index (χ4n) is 4.33. The lowest BCUT2D eigenvalue weighted by Gasteiger charge is -2.17. The largest absolute Gasteiger partial charge is 0.0984 e. The Bertz CT molecular complexity index is 1390. The van der Waals surface area contributed by atoms with Gasteiger partial charge in [0.2, 0.25) is 0 Å². The van der Waals surface area contributed by atoms with Crippen molar-refractivity contribution in [3.63, 3.8) is 0 Å². The topological polar surface area (TPSA) is 0 Å². The maximum absolute atomic E-state index is 4.13. The van der Waals surface area contributed by atoms with Crippen LogP contribution in [-0.2, 0) is 0 Å². The zero-order valence-electron chi connectivity index (χ0n) is 15.7. The molecule has 132 valence electrons. The number of fused-ring (bicyclic) bond motifs is 4. The Morgan fingerprint density at radius 3 is 1.64 bits per heavy atom. The summed E-state index contributed by atoms with van der Waals surface area (Å²) in [6.45, 7) is 8.22. The predicted octanol–water partition coefficient (Wildman–Crippen LogP) is 8.10. The highest BCUT2D eigenvalue weighted by atomic mass is 14.2. The minimum atomic E-state index is 1.13. The summed E-state index contributed by atoms with van der Waals surface area (Å²) >= 11 is 0. The molecule has 0 atom stereocenters. The summed E-state index contributed by atoms with van der Waals surface area (Å²) in [5.74, 6) is 0. The molecule has 0 saturated carbocycles. The Morgan fingerprint density at radius 1 is 0.464 bits per heavy atom. The van der Waals surface area contributed by atoms with E-state index in [1.54, 1.807) is 0 Å². The van der Waals surface area contributed by atoms with Crippen molar-refractivity contribution < 1.29 is 0 Å². The van der Waals surface area contributed by atoms with Gasteiger partial charge >= 0.3 is 0 Å². The van der Waals surface area contributed by atoms with E-state index in [1.165, 1.54) is 43.4 Å². The van der Waals surface area contributed by atoms with Crippen LogP contribution >= 0.6 is 0 Å². The summed E-state index contributed by atoms with van der Waals surface area (Å²) in [4.78, 5) is 0. The predicted molar refractivity (Wildman–Crippen MR) is 125 cm³/mol. The first-order valence-electron chi connectivity index (χ1n) is 9.53. The Balaban J connectivity index is 1.99. The summed E-state index contributed by atoms with van der Waals surface area (Å²) in [5, 5.41) is 7.50. The number of benzene rings is 5. The van der Waals surface area contributed by atoms with Crippen LogP contribution in [-0.4, -0.2) is 0 Å². The third-order valence-electron chi connectivity index (χ3n) is 5.60. The fourth-order valence-corrected chi connectivity index (χ4v) is 4.33. The van der Waals surface area contributed by atoms with Crippen molar-refractivity contribution >= 4 is 44.5 Å². The van der Waals surface area contributed by atoms with Crippen LogP contribution in [0.4, 0.5) is 0 Å². The summed E-state index contributed by atoms with van der Waals surface area (Å²) in [6, 6.07) is 30.3. The van der Waals surface area contributed by atoms with Crippen LogP contribution in [0.25, 0.3) is 55.6 Å². The molecule has 0 heterocycles. The highest BCUT2D eigenvalue weighted by molar-refractivity contribution is 6.15. The van der Waals surface area contributed by atoms with Gasteiger partial charge in [-0.05, 0) is 66.7 Å². The second-order valence-corrected chi connectivity index (χ2v) is 7.07. The molecule has 0 aliphatic rings.